The van der Waals surface area contributed by atoms with Crippen molar-refractivity contribution in [2.45, 2.75) is 132 Å². The fourth-order valence-corrected chi connectivity index (χ4v) is 15.6. The summed E-state index contributed by atoms with van der Waals surface area (Å²) < 4.78 is 128. The van der Waals surface area contributed by atoms with Crippen LogP contribution in [0.4, 0.5) is 17.5 Å². The molecule has 11 N–H and O–H groups in total. The highest BCUT2D eigenvalue weighted by Gasteiger charge is 2.57. The first-order valence-electron chi connectivity index (χ1n) is 30.3. The molecule has 3 saturated heterocycles. The minimum Gasteiger partial charge on any atom is -0.497 e. The Morgan fingerprint density at radius 3 is 1.33 bits per heavy atom. The number of ether oxygens (including phenoxy) is 6. The van der Waals surface area contributed by atoms with Gasteiger partial charge in [-0.1, -0.05) is 54.6 Å². The first-order chi connectivity index (χ1) is 46.5. The maximum Gasteiger partial charge on any atom is 0.476 e. The SMILES string of the molecule is COc1ccc(C(OC[C@H]2O[C@@H](n3cnc4c(N)ncnc43)[C@H](O)[C@@H]2OP(=O)(O)OC[C@H]2O[C@@H](n3cnc4c(N)ncnc43)[C@H](OP(=O)(OC(C)(C)C)OC(C)(C)C)[C@@H]2OP(=O)(O)OC[C@H]2O[C@@H](n3cnc4c(N)ncnc43)[C@H](O)[C@@H]2O)(c2ccccc2)c2ccc(OC)cc2)cc1. The van der Waals surface area contributed by atoms with Crippen molar-refractivity contribution in [2.24, 2.45) is 0 Å². The molecular weight excluding hydrogens is 1350 g/mol. The number of fused-ring (bicyclic) bond motifs is 3. The molecule has 2 unspecified atom stereocenters. The summed E-state index contributed by atoms with van der Waals surface area (Å²) in [5.41, 5.74) is 16.6. The summed E-state index contributed by atoms with van der Waals surface area (Å²) in [6, 6.07) is 23.4. The molecule has 14 atom stereocenters. The van der Waals surface area contributed by atoms with Gasteiger partial charge >= 0.3 is 23.5 Å². The maximum absolute atomic E-state index is 15.3. The van der Waals surface area contributed by atoms with Crippen LogP contribution in [0.5, 0.6) is 11.5 Å². The topological polar surface area (TPSA) is 481 Å². The summed E-state index contributed by atoms with van der Waals surface area (Å²) in [4.78, 5) is 61.8. The number of aliphatic hydroxyl groups excluding tert-OH is 3. The zero-order valence-corrected chi connectivity index (χ0v) is 56.4. The third-order valence-corrected chi connectivity index (χ3v) is 19.9. The molecule has 39 heteroatoms. The van der Waals surface area contributed by atoms with Crippen LogP contribution < -0.4 is 26.7 Å². The van der Waals surface area contributed by atoms with E-state index in [9.17, 15) is 29.7 Å². The molecule has 3 aromatic carbocycles. The average molecular weight is 1420 g/mol. The zero-order chi connectivity index (χ0) is 69.9. The summed E-state index contributed by atoms with van der Waals surface area (Å²) in [6.07, 6.45) is -13.8. The van der Waals surface area contributed by atoms with E-state index in [2.05, 4.69) is 44.9 Å². The van der Waals surface area contributed by atoms with Crippen LogP contribution >= 0.6 is 23.5 Å². The average Bonchev–Trinajstić information content (AvgIpc) is 1.31. The Morgan fingerprint density at radius 2 is 0.867 bits per heavy atom. The van der Waals surface area contributed by atoms with Gasteiger partial charge in [-0.05, 0) is 82.5 Å². The van der Waals surface area contributed by atoms with Gasteiger partial charge in [-0.15, -0.1) is 0 Å². The van der Waals surface area contributed by atoms with Crippen LogP contribution in [0, 0.1) is 0 Å². The van der Waals surface area contributed by atoms with E-state index in [1.54, 1.807) is 90.1 Å². The normalized spacial score (nSPS) is 25.3. The summed E-state index contributed by atoms with van der Waals surface area (Å²) in [7, 11) is -13.3. The number of phosphoric ester groups is 3. The molecule has 3 aliphatic rings. The van der Waals surface area contributed by atoms with Gasteiger partial charge in [0.15, 0.2) is 53.1 Å². The molecule has 98 heavy (non-hydrogen) atoms. The first-order valence-corrected chi connectivity index (χ1v) is 34.7. The van der Waals surface area contributed by atoms with Crippen molar-refractivity contribution in [3.63, 3.8) is 0 Å². The fourth-order valence-electron chi connectivity index (χ4n) is 11.7. The van der Waals surface area contributed by atoms with Crippen molar-refractivity contribution in [3.8, 4) is 11.5 Å². The monoisotopic (exact) mass is 1420 g/mol. The number of anilines is 3. The van der Waals surface area contributed by atoms with Crippen molar-refractivity contribution in [1.29, 1.82) is 0 Å². The number of methoxy groups -OCH3 is 2. The molecular formula is C59H72N15O21P3. The summed E-state index contributed by atoms with van der Waals surface area (Å²) in [6.45, 7) is 6.68. The Bertz CT molecular complexity index is 4380. The highest BCUT2D eigenvalue weighted by atomic mass is 31.2. The van der Waals surface area contributed by atoms with E-state index in [1.807, 2.05) is 30.3 Å². The number of hydrogen-bond donors (Lipinski definition) is 8. The van der Waals surface area contributed by atoms with E-state index in [1.165, 1.54) is 53.2 Å². The zero-order valence-electron chi connectivity index (χ0n) is 53.7. The van der Waals surface area contributed by atoms with Crippen LogP contribution in [-0.2, 0) is 69.9 Å². The number of hydrogen-bond acceptors (Lipinski definition) is 31. The molecule has 6 aromatic heterocycles. The quantitative estimate of drug-likeness (QED) is 0.0270. The molecule has 9 aromatic rings. The minimum atomic E-state index is -5.67. The second-order valence-electron chi connectivity index (χ2n) is 24.8. The minimum absolute atomic E-state index is 0.00735. The van der Waals surface area contributed by atoms with E-state index in [0.717, 1.165) is 12.7 Å². The predicted octanol–water partition coefficient (Wildman–Crippen LogP) is 5.18. The van der Waals surface area contributed by atoms with E-state index < -0.39 is 134 Å². The van der Waals surface area contributed by atoms with Crippen molar-refractivity contribution >= 4 is 74.4 Å². The van der Waals surface area contributed by atoms with Crippen molar-refractivity contribution < 1.29 is 98.9 Å². The highest BCUT2D eigenvalue weighted by molar-refractivity contribution is 7.48. The number of nitrogens with zero attached hydrogens (tertiary/aromatic N) is 12. The fraction of sp³-hybridized carbons (Fsp3) is 0.441. The van der Waals surface area contributed by atoms with Gasteiger partial charge in [-0.2, -0.15) is 0 Å². The van der Waals surface area contributed by atoms with Gasteiger partial charge in [0.2, 0.25) is 0 Å². The van der Waals surface area contributed by atoms with Crippen molar-refractivity contribution in [1.82, 2.24) is 58.6 Å². The molecule has 36 nitrogen and oxygen atoms in total. The standard InChI is InChI=1S/C59H72N15O21P3/c1-57(2,3)94-98(82,95-58(4,5)6)93-47-46(92-97(80,81)86-23-36-42(75)43(76)54(88-36)72-28-69-39-48(60)63-25-66-51(39)72)38(90-56(47)74-30-71-41-50(62)65-27-68-53(41)74)24-87-96(78,79)91-45-37(89-55(44(45)77)73-29-70-40-49(61)64-26-67-52(40)73)22-85-59(31-12-10-9-11-13-31,32-14-18-34(83-7)19-15-32)33-16-20-35(84-8)21-17-33/h9-21,25-30,36-38,42-47,54-56,75-77H,22-24H2,1-8H3,(H,78,79)(H,80,81)(H2,60,63,66)(H2,61,64,67)(H2,62,65,68)/t36-,37-,38-,42-,43-,44-,45-,46-,47-,54-,55-,56-/m1/s1. The molecule has 0 saturated carbocycles. The van der Waals surface area contributed by atoms with E-state index >= 15 is 9.13 Å². The van der Waals surface area contributed by atoms with Gasteiger partial charge < -0.3 is 70.7 Å². The largest absolute Gasteiger partial charge is 0.497 e. The number of aliphatic hydroxyl groups is 3. The second-order valence-corrected chi connectivity index (χ2v) is 29.1. The van der Waals surface area contributed by atoms with Crippen LogP contribution in [0.2, 0.25) is 0 Å². The Morgan fingerprint density at radius 1 is 0.469 bits per heavy atom. The lowest BCUT2D eigenvalue weighted by molar-refractivity contribution is -0.0948. The number of rotatable bonds is 25. The van der Waals surface area contributed by atoms with Gasteiger partial charge in [-0.3, -0.25) is 45.4 Å². The van der Waals surface area contributed by atoms with E-state index in [4.69, 9.17) is 77.3 Å². The number of phosphoric acid groups is 3. The van der Waals surface area contributed by atoms with E-state index in [0.29, 0.717) is 28.2 Å². The van der Waals surface area contributed by atoms with E-state index in [-0.39, 0.29) is 50.9 Å². The molecule has 0 aliphatic carbocycles. The Hall–Kier alpha value is -7.64. The molecule has 0 bridgehead atoms. The summed E-state index contributed by atoms with van der Waals surface area (Å²) >= 11 is 0. The van der Waals surface area contributed by atoms with Crippen LogP contribution in [-0.4, -0.2) is 184 Å². The second kappa shape index (κ2) is 27.5. The van der Waals surface area contributed by atoms with Gasteiger partial charge in [0.25, 0.3) is 0 Å². The molecule has 0 spiro atoms. The van der Waals surface area contributed by atoms with Gasteiger partial charge in [-0.25, -0.2) is 58.6 Å². The van der Waals surface area contributed by atoms with Crippen LogP contribution in [0.15, 0.2) is 117 Å². The smallest absolute Gasteiger partial charge is 0.476 e. The van der Waals surface area contributed by atoms with Crippen LogP contribution in [0.25, 0.3) is 33.5 Å². The summed E-state index contributed by atoms with van der Waals surface area (Å²) in [5, 5.41) is 35.1. The van der Waals surface area contributed by atoms with Crippen LogP contribution in [0.1, 0.15) is 76.9 Å². The highest BCUT2D eigenvalue weighted by Crippen LogP contribution is 2.61. The predicted molar refractivity (Wildman–Crippen MR) is 343 cm³/mol. The lowest BCUT2D eigenvalue weighted by Crippen LogP contribution is -2.41. The molecule has 9 heterocycles. The van der Waals surface area contributed by atoms with Crippen molar-refractivity contribution in [3.05, 3.63) is 134 Å². The molecule has 0 radical (unpaired) electrons. The summed E-state index contributed by atoms with van der Waals surface area (Å²) in [5.74, 6) is 0.972. The lowest BCUT2D eigenvalue weighted by atomic mass is 9.80. The number of nitrogens with two attached hydrogens (primary N) is 3. The Kier molecular flexibility index (Phi) is 19.7. The maximum atomic E-state index is 15.3. The number of benzene rings is 3. The molecule has 0 amide bonds. The molecule has 524 valence electrons. The molecule has 3 fully saturated rings. The van der Waals surface area contributed by atoms with Crippen molar-refractivity contribution in [2.75, 3.05) is 51.2 Å². The number of aromatic nitrogens is 12. The van der Waals surface area contributed by atoms with Gasteiger partial charge in [0.05, 0.1) is 64.2 Å². The lowest BCUT2D eigenvalue weighted by Gasteiger charge is -2.37. The van der Waals surface area contributed by atoms with Gasteiger partial charge in [0.1, 0.15) is 108 Å². The third-order valence-electron chi connectivity index (χ3n) is 15.9. The number of imidazole rings is 3. The Labute approximate surface area is 558 Å². The molecule has 3 aliphatic heterocycles. The number of nitrogen functional groups attached to an aromatic ring is 3. The van der Waals surface area contributed by atoms with Crippen LogP contribution in [0.3, 0.4) is 0 Å². The molecule has 12 rings (SSSR count). The third kappa shape index (κ3) is 14.4. The van der Waals surface area contributed by atoms with Gasteiger partial charge in [0, 0.05) is 0 Å². The Balaban J connectivity index is 0.893. The first kappa shape index (κ1) is 70.2.